The summed E-state index contributed by atoms with van der Waals surface area (Å²) >= 11 is 0. The third-order valence-electron chi connectivity index (χ3n) is 3.16. The molecule has 0 saturated heterocycles. The molecule has 4 heteroatoms. The van der Waals surface area contributed by atoms with Gasteiger partial charge in [-0.05, 0) is 43.5 Å². The SMILES string of the molecule is CC(C)CC(C)(N)COc1ccc(-c2ccncc2)nc1. The van der Waals surface area contributed by atoms with Crippen LogP contribution < -0.4 is 10.5 Å². The van der Waals surface area contributed by atoms with Crippen LogP contribution in [-0.2, 0) is 0 Å². The summed E-state index contributed by atoms with van der Waals surface area (Å²) in [4.78, 5) is 8.42. The van der Waals surface area contributed by atoms with Crippen LogP contribution in [-0.4, -0.2) is 22.1 Å². The predicted octanol–water partition coefficient (Wildman–Crippen LogP) is 3.29. The van der Waals surface area contributed by atoms with Crippen LogP contribution in [0.15, 0.2) is 42.9 Å². The molecule has 0 spiro atoms. The van der Waals surface area contributed by atoms with Gasteiger partial charge in [0.1, 0.15) is 12.4 Å². The Hall–Kier alpha value is -1.94. The van der Waals surface area contributed by atoms with E-state index in [1.807, 2.05) is 31.2 Å². The summed E-state index contributed by atoms with van der Waals surface area (Å²) in [5.41, 5.74) is 7.86. The van der Waals surface area contributed by atoms with Crippen molar-refractivity contribution in [1.29, 1.82) is 0 Å². The molecular formula is C17H23N3O. The Morgan fingerprint density at radius 2 is 1.90 bits per heavy atom. The lowest BCUT2D eigenvalue weighted by Gasteiger charge is -2.26. The second kappa shape index (κ2) is 6.68. The zero-order valence-corrected chi connectivity index (χ0v) is 12.9. The first kappa shape index (κ1) is 15.4. The zero-order chi connectivity index (χ0) is 15.3. The van der Waals surface area contributed by atoms with Gasteiger partial charge >= 0.3 is 0 Å². The fourth-order valence-electron chi connectivity index (χ4n) is 2.40. The quantitative estimate of drug-likeness (QED) is 0.884. The first-order valence-corrected chi connectivity index (χ1v) is 7.24. The van der Waals surface area contributed by atoms with Gasteiger partial charge in [-0.25, -0.2) is 0 Å². The van der Waals surface area contributed by atoms with E-state index in [4.69, 9.17) is 10.5 Å². The van der Waals surface area contributed by atoms with Crippen LogP contribution in [0, 0.1) is 5.92 Å². The molecule has 2 heterocycles. The molecule has 2 rings (SSSR count). The fourth-order valence-corrected chi connectivity index (χ4v) is 2.40. The lowest BCUT2D eigenvalue weighted by Crippen LogP contribution is -2.43. The summed E-state index contributed by atoms with van der Waals surface area (Å²) < 4.78 is 5.76. The van der Waals surface area contributed by atoms with E-state index in [0.717, 1.165) is 23.4 Å². The van der Waals surface area contributed by atoms with Gasteiger partial charge in [-0.1, -0.05) is 13.8 Å². The van der Waals surface area contributed by atoms with E-state index < -0.39 is 0 Å². The highest BCUT2D eigenvalue weighted by Gasteiger charge is 2.21. The smallest absolute Gasteiger partial charge is 0.137 e. The summed E-state index contributed by atoms with van der Waals surface area (Å²) in [6, 6.07) is 7.74. The van der Waals surface area contributed by atoms with Gasteiger partial charge in [0.15, 0.2) is 0 Å². The van der Waals surface area contributed by atoms with E-state index in [9.17, 15) is 0 Å². The van der Waals surface area contributed by atoms with Crippen LogP contribution >= 0.6 is 0 Å². The fraction of sp³-hybridized carbons (Fsp3) is 0.412. The highest BCUT2D eigenvalue weighted by molar-refractivity contribution is 5.58. The Labute approximate surface area is 126 Å². The summed E-state index contributed by atoms with van der Waals surface area (Å²) in [7, 11) is 0. The van der Waals surface area contributed by atoms with Crippen molar-refractivity contribution < 1.29 is 4.74 Å². The molecule has 0 aliphatic carbocycles. The minimum atomic E-state index is -0.321. The molecule has 0 aromatic carbocycles. The van der Waals surface area contributed by atoms with Crippen molar-refractivity contribution >= 4 is 0 Å². The average molecular weight is 285 g/mol. The molecule has 2 aromatic heterocycles. The first-order chi connectivity index (χ1) is 9.96. The van der Waals surface area contributed by atoms with Gasteiger partial charge in [0.25, 0.3) is 0 Å². The number of nitrogens with two attached hydrogens (primary N) is 1. The van der Waals surface area contributed by atoms with E-state index in [0.29, 0.717) is 12.5 Å². The average Bonchev–Trinajstić information content (AvgIpc) is 2.45. The van der Waals surface area contributed by atoms with Gasteiger partial charge in [-0.3, -0.25) is 9.97 Å². The number of hydrogen-bond acceptors (Lipinski definition) is 4. The molecule has 2 N–H and O–H groups in total. The maximum atomic E-state index is 6.23. The first-order valence-electron chi connectivity index (χ1n) is 7.24. The third kappa shape index (κ3) is 4.83. The molecular weight excluding hydrogens is 262 g/mol. The molecule has 1 atom stereocenters. The zero-order valence-electron chi connectivity index (χ0n) is 12.9. The summed E-state index contributed by atoms with van der Waals surface area (Å²) in [5.74, 6) is 1.30. The molecule has 4 nitrogen and oxygen atoms in total. The van der Waals surface area contributed by atoms with Crippen molar-refractivity contribution in [3.8, 4) is 17.0 Å². The monoisotopic (exact) mass is 285 g/mol. The molecule has 0 saturated carbocycles. The maximum absolute atomic E-state index is 6.23. The highest BCUT2D eigenvalue weighted by atomic mass is 16.5. The summed E-state index contributed by atoms with van der Waals surface area (Å²) in [5, 5.41) is 0. The molecule has 0 radical (unpaired) electrons. The van der Waals surface area contributed by atoms with E-state index in [1.165, 1.54) is 0 Å². The van der Waals surface area contributed by atoms with Crippen LogP contribution in [0.1, 0.15) is 27.2 Å². The van der Waals surface area contributed by atoms with Crippen molar-refractivity contribution in [2.24, 2.45) is 11.7 Å². The van der Waals surface area contributed by atoms with Crippen LogP contribution in [0.3, 0.4) is 0 Å². The van der Waals surface area contributed by atoms with Crippen LogP contribution in [0.5, 0.6) is 5.75 Å². The standard InChI is InChI=1S/C17H23N3O/c1-13(2)10-17(3,18)12-21-15-4-5-16(20-11-15)14-6-8-19-9-7-14/h4-9,11,13H,10,12,18H2,1-3H3. The Morgan fingerprint density at radius 3 is 2.48 bits per heavy atom. The largest absolute Gasteiger partial charge is 0.490 e. The third-order valence-corrected chi connectivity index (χ3v) is 3.16. The van der Waals surface area contributed by atoms with Gasteiger partial charge in [0.05, 0.1) is 11.9 Å². The van der Waals surface area contributed by atoms with Gasteiger partial charge in [0.2, 0.25) is 0 Å². The lowest BCUT2D eigenvalue weighted by atomic mass is 9.93. The molecule has 0 aliphatic heterocycles. The Balaban J connectivity index is 1.97. The second-order valence-corrected chi connectivity index (χ2v) is 6.16. The normalized spacial score (nSPS) is 14.0. The number of aromatic nitrogens is 2. The van der Waals surface area contributed by atoms with Crippen LogP contribution in [0.2, 0.25) is 0 Å². The summed E-state index contributed by atoms with van der Waals surface area (Å²) in [6.45, 7) is 6.83. The molecule has 2 aromatic rings. The number of nitrogens with zero attached hydrogens (tertiary/aromatic N) is 2. The van der Waals surface area contributed by atoms with Gasteiger partial charge in [-0.2, -0.15) is 0 Å². The lowest BCUT2D eigenvalue weighted by molar-refractivity contribution is 0.206. The molecule has 0 fully saturated rings. The van der Waals surface area contributed by atoms with E-state index in [-0.39, 0.29) is 5.54 Å². The number of ether oxygens (including phenoxy) is 1. The molecule has 21 heavy (non-hydrogen) atoms. The molecule has 0 amide bonds. The van der Waals surface area contributed by atoms with Crippen LogP contribution in [0.4, 0.5) is 0 Å². The molecule has 0 bridgehead atoms. The van der Waals surface area contributed by atoms with Gasteiger partial charge in [-0.15, -0.1) is 0 Å². The van der Waals surface area contributed by atoms with E-state index >= 15 is 0 Å². The minimum absolute atomic E-state index is 0.321. The molecule has 1 unspecified atom stereocenters. The van der Waals surface area contributed by atoms with Crippen molar-refractivity contribution in [2.75, 3.05) is 6.61 Å². The number of rotatable bonds is 6. The summed E-state index contributed by atoms with van der Waals surface area (Å²) in [6.07, 6.45) is 6.18. The van der Waals surface area contributed by atoms with E-state index in [2.05, 4.69) is 23.8 Å². The Morgan fingerprint density at radius 1 is 1.19 bits per heavy atom. The Bertz CT molecular complexity index is 550. The van der Waals surface area contributed by atoms with E-state index in [1.54, 1.807) is 18.6 Å². The number of hydrogen-bond donors (Lipinski definition) is 1. The van der Waals surface area contributed by atoms with Crippen molar-refractivity contribution in [2.45, 2.75) is 32.7 Å². The van der Waals surface area contributed by atoms with Crippen molar-refractivity contribution in [3.05, 3.63) is 42.9 Å². The van der Waals surface area contributed by atoms with Crippen LogP contribution in [0.25, 0.3) is 11.3 Å². The Kier molecular flexibility index (Phi) is 4.91. The topological polar surface area (TPSA) is 61.0 Å². The number of pyridine rings is 2. The van der Waals surface area contributed by atoms with Crippen molar-refractivity contribution in [3.63, 3.8) is 0 Å². The van der Waals surface area contributed by atoms with Gasteiger partial charge < -0.3 is 10.5 Å². The molecule has 112 valence electrons. The van der Waals surface area contributed by atoms with Gasteiger partial charge in [0, 0.05) is 23.5 Å². The maximum Gasteiger partial charge on any atom is 0.137 e. The minimum Gasteiger partial charge on any atom is -0.490 e. The second-order valence-electron chi connectivity index (χ2n) is 6.16. The van der Waals surface area contributed by atoms with Crippen molar-refractivity contribution in [1.82, 2.24) is 9.97 Å². The predicted molar refractivity (Wildman–Crippen MR) is 85.0 cm³/mol. The highest BCUT2D eigenvalue weighted by Crippen LogP contribution is 2.20. The molecule has 0 aliphatic rings.